The van der Waals surface area contributed by atoms with E-state index in [1.165, 1.54) is 43.1 Å². The van der Waals surface area contributed by atoms with Gasteiger partial charge in [0.05, 0.1) is 0 Å². The summed E-state index contributed by atoms with van der Waals surface area (Å²) >= 11 is 3.63. The highest BCUT2D eigenvalue weighted by atomic mass is 79.9. The van der Waals surface area contributed by atoms with Gasteiger partial charge in [-0.25, -0.2) is 0 Å². The Bertz CT molecular complexity index is 1220. The van der Waals surface area contributed by atoms with E-state index in [9.17, 15) is 0 Å². The van der Waals surface area contributed by atoms with Crippen LogP contribution in [-0.2, 0) is 0 Å². The lowest BCUT2D eigenvalue weighted by Crippen LogP contribution is -1.85. The fourth-order valence-corrected chi connectivity index (χ4v) is 4.06. The van der Waals surface area contributed by atoms with Crippen molar-refractivity contribution in [2.75, 3.05) is 0 Å². The van der Waals surface area contributed by atoms with Crippen LogP contribution >= 0.6 is 15.9 Å². The van der Waals surface area contributed by atoms with Crippen molar-refractivity contribution in [3.63, 3.8) is 0 Å². The zero-order valence-electron chi connectivity index (χ0n) is 12.4. The molecule has 0 heterocycles. The van der Waals surface area contributed by atoms with Gasteiger partial charge in [-0.2, -0.15) is 0 Å². The Morgan fingerprint density at radius 2 is 1.09 bits per heavy atom. The maximum atomic E-state index is 3.63. The van der Waals surface area contributed by atoms with Crippen molar-refractivity contribution < 1.29 is 0 Å². The molecule has 0 unspecified atom stereocenters. The standard InChI is InChI=1S/C22H13Br/c23-15-10-12-20-21(13-15)18-8-4-3-7-17(18)19-11-9-14-5-1-2-6-16(14)22(19)20/h1-13H. The molecule has 0 aliphatic carbocycles. The molecule has 0 saturated carbocycles. The second kappa shape index (κ2) is 4.81. The molecule has 0 bridgehead atoms. The molecule has 0 amide bonds. The van der Waals surface area contributed by atoms with Crippen molar-refractivity contribution in [3.05, 3.63) is 83.3 Å². The van der Waals surface area contributed by atoms with Gasteiger partial charge in [0.15, 0.2) is 0 Å². The molecule has 0 atom stereocenters. The van der Waals surface area contributed by atoms with Crippen molar-refractivity contribution in [1.82, 2.24) is 0 Å². The summed E-state index contributed by atoms with van der Waals surface area (Å²) in [5, 5.41) is 10.5. The van der Waals surface area contributed by atoms with Crippen molar-refractivity contribution in [1.29, 1.82) is 0 Å². The van der Waals surface area contributed by atoms with E-state index in [-0.39, 0.29) is 0 Å². The summed E-state index contributed by atoms with van der Waals surface area (Å²) in [6, 6.07) is 28.5. The zero-order valence-corrected chi connectivity index (χ0v) is 14.0. The molecule has 5 rings (SSSR count). The largest absolute Gasteiger partial charge is 0.0616 e. The van der Waals surface area contributed by atoms with E-state index in [1.54, 1.807) is 0 Å². The van der Waals surface area contributed by atoms with E-state index >= 15 is 0 Å². The minimum atomic E-state index is 1.12. The van der Waals surface area contributed by atoms with Gasteiger partial charge in [0, 0.05) is 4.47 Å². The summed E-state index contributed by atoms with van der Waals surface area (Å²) in [6.45, 7) is 0. The van der Waals surface area contributed by atoms with Crippen molar-refractivity contribution in [2.24, 2.45) is 0 Å². The Hall–Kier alpha value is -2.38. The first-order chi connectivity index (χ1) is 11.3. The van der Waals surface area contributed by atoms with Crippen molar-refractivity contribution in [3.8, 4) is 0 Å². The molecule has 0 nitrogen and oxygen atoms in total. The predicted octanol–water partition coefficient (Wildman–Crippen LogP) is 7.06. The lowest BCUT2D eigenvalue weighted by molar-refractivity contribution is 1.74. The van der Waals surface area contributed by atoms with Crippen LogP contribution in [0.3, 0.4) is 0 Å². The van der Waals surface area contributed by atoms with Crippen molar-refractivity contribution >= 4 is 59.0 Å². The first-order valence-electron chi connectivity index (χ1n) is 7.74. The third-order valence-electron chi connectivity index (χ3n) is 4.69. The minimum Gasteiger partial charge on any atom is -0.0616 e. The van der Waals surface area contributed by atoms with E-state index in [2.05, 4.69) is 94.8 Å². The maximum absolute atomic E-state index is 3.63. The summed E-state index contributed by atoms with van der Waals surface area (Å²) in [6.07, 6.45) is 0. The molecule has 0 aliphatic heterocycles. The summed E-state index contributed by atoms with van der Waals surface area (Å²) in [5.74, 6) is 0. The SMILES string of the molecule is Brc1ccc2c(c1)c1ccccc1c1ccc3ccccc3c12. The second-order valence-corrected chi connectivity index (χ2v) is 6.86. The van der Waals surface area contributed by atoms with Gasteiger partial charge in [-0.1, -0.05) is 82.7 Å². The number of hydrogen-bond acceptors (Lipinski definition) is 0. The number of hydrogen-bond donors (Lipinski definition) is 0. The number of benzene rings is 5. The van der Waals surface area contributed by atoms with E-state index in [0.29, 0.717) is 0 Å². The second-order valence-electron chi connectivity index (χ2n) is 5.94. The van der Waals surface area contributed by atoms with Crippen LogP contribution in [0.4, 0.5) is 0 Å². The van der Waals surface area contributed by atoms with Gasteiger partial charge in [0.1, 0.15) is 0 Å². The van der Waals surface area contributed by atoms with Crippen LogP contribution in [0.5, 0.6) is 0 Å². The fourth-order valence-electron chi connectivity index (χ4n) is 3.70. The van der Waals surface area contributed by atoms with Gasteiger partial charge < -0.3 is 0 Å². The molecule has 0 saturated heterocycles. The van der Waals surface area contributed by atoms with Crippen LogP contribution in [0.15, 0.2) is 83.3 Å². The van der Waals surface area contributed by atoms with E-state index in [1.807, 2.05) is 0 Å². The first kappa shape index (κ1) is 13.1. The smallest absolute Gasteiger partial charge is 0.0181 e. The molecule has 0 spiro atoms. The van der Waals surface area contributed by atoms with Crippen LogP contribution < -0.4 is 0 Å². The van der Waals surface area contributed by atoms with Crippen LogP contribution in [0.25, 0.3) is 43.1 Å². The number of rotatable bonds is 0. The summed E-state index contributed by atoms with van der Waals surface area (Å²) in [4.78, 5) is 0. The Morgan fingerprint density at radius 1 is 0.478 bits per heavy atom. The fraction of sp³-hybridized carbons (Fsp3) is 0. The monoisotopic (exact) mass is 356 g/mol. The average Bonchev–Trinajstić information content (AvgIpc) is 2.61. The first-order valence-corrected chi connectivity index (χ1v) is 8.54. The van der Waals surface area contributed by atoms with Crippen LogP contribution in [0, 0.1) is 0 Å². The maximum Gasteiger partial charge on any atom is 0.0181 e. The predicted molar refractivity (Wildman–Crippen MR) is 104 cm³/mol. The Labute approximate surface area is 142 Å². The average molecular weight is 357 g/mol. The van der Waals surface area contributed by atoms with Crippen LogP contribution in [0.2, 0.25) is 0 Å². The van der Waals surface area contributed by atoms with Gasteiger partial charge >= 0.3 is 0 Å². The van der Waals surface area contributed by atoms with Gasteiger partial charge in [-0.3, -0.25) is 0 Å². The summed E-state index contributed by atoms with van der Waals surface area (Å²) in [7, 11) is 0. The lowest BCUT2D eigenvalue weighted by Gasteiger charge is -2.13. The van der Waals surface area contributed by atoms with E-state index in [4.69, 9.17) is 0 Å². The lowest BCUT2D eigenvalue weighted by atomic mass is 9.91. The number of halogens is 1. The Kier molecular flexibility index (Phi) is 2.74. The van der Waals surface area contributed by atoms with Gasteiger partial charge in [0.25, 0.3) is 0 Å². The molecule has 5 aromatic carbocycles. The Balaban J connectivity index is 2.22. The molecule has 0 aromatic heterocycles. The molecule has 1 heteroatoms. The molecule has 5 aromatic rings. The summed E-state index contributed by atoms with van der Waals surface area (Å²) < 4.78 is 1.12. The third kappa shape index (κ3) is 1.83. The van der Waals surface area contributed by atoms with Crippen molar-refractivity contribution in [2.45, 2.75) is 0 Å². The van der Waals surface area contributed by atoms with Crippen LogP contribution in [-0.4, -0.2) is 0 Å². The molecule has 0 aliphatic rings. The van der Waals surface area contributed by atoms with Gasteiger partial charge in [0.2, 0.25) is 0 Å². The van der Waals surface area contributed by atoms with E-state index in [0.717, 1.165) is 4.47 Å². The van der Waals surface area contributed by atoms with Gasteiger partial charge in [-0.05, 0) is 55.2 Å². The quantitative estimate of drug-likeness (QED) is 0.260. The number of fused-ring (bicyclic) bond motifs is 8. The molecule has 0 fully saturated rings. The molecule has 0 radical (unpaired) electrons. The topological polar surface area (TPSA) is 0 Å². The van der Waals surface area contributed by atoms with Gasteiger partial charge in [-0.15, -0.1) is 0 Å². The molecule has 0 N–H and O–H groups in total. The molecule has 108 valence electrons. The highest BCUT2D eigenvalue weighted by Crippen LogP contribution is 2.39. The highest BCUT2D eigenvalue weighted by molar-refractivity contribution is 9.10. The molecular formula is C22H13Br. The molecule has 23 heavy (non-hydrogen) atoms. The minimum absolute atomic E-state index is 1.12. The highest BCUT2D eigenvalue weighted by Gasteiger charge is 2.11. The zero-order chi connectivity index (χ0) is 15.4. The normalized spacial score (nSPS) is 11.7. The third-order valence-corrected chi connectivity index (χ3v) is 5.18. The van der Waals surface area contributed by atoms with Crippen LogP contribution in [0.1, 0.15) is 0 Å². The van der Waals surface area contributed by atoms with E-state index < -0.39 is 0 Å². The summed E-state index contributed by atoms with van der Waals surface area (Å²) in [5.41, 5.74) is 0. The Morgan fingerprint density at radius 3 is 1.91 bits per heavy atom. The molecular weight excluding hydrogens is 344 g/mol.